The van der Waals surface area contributed by atoms with Gasteiger partial charge in [0, 0.05) is 0 Å². The molecule has 3 heteroatoms. The zero-order valence-corrected chi connectivity index (χ0v) is 4.80. The average Bonchev–Trinajstić information content (AvgIpc) is 1.81. The van der Waals surface area contributed by atoms with Crippen LogP contribution in [0.5, 0.6) is 0 Å². The van der Waals surface area contributed by atoms with Crippen LogP contribution in [0.3, 0.4) is 0 Å². The van der Waals surface area contributed by atoms with E-state index in [1.807, 2.05) is 0 Å². The lowest BCUT2D eigenvalue weighted by atomic mass is 10.7. The van der Waals surface area contributed by atoms with Crippen molar-refractivity contribution in [3.63, 3.8) is 0 Å². The van der Waals surface area contributed by atoms with E-state index in [2.05, 4.69) is 11.8 Å². The molecule has 0 aromatic heterocycles. The quantitative estimate of drug-likeness (QED) is 0.509. The molecule has 8 heavy (non-hydrogen) atoms. The van der Waals surface area contributed by atoms with Gasteiger partial charge in [0.05, 0.1) is 33.5 Å². The molecule has 0 aromatic rings. The zero-order chi connectivity index (χ0) is 6.24. The van der Waals surface area contributed by atoms with E-state index in [-0.39, 0.29) is 6.61 Å². The van der Waals surface area contributed by atoms with Crippen LogP contribution in [0.2, 0.25) is 0 Å². The second-order valence-electron chi connectivity index (χ2n) is 1.24. The molecule has 0 atom stereocenters. The summed E-state index contributed by atoms with van der Waals surface area (Å²) < 4.78 is 9.24. The van der Waals surface area contributed by atoms with Gasteiger partial charge in [0.2, 0.25) is 0 Å². The number of hydrogen-bond acceptors (Lipinski definition) is 3. The highest BCUT2D eigenvalue weighted by atomic mass is 16.5. The molecule has 0 unspecified atom stereocenters. The van der Waals surface area contributed by atoms with Crippen LogP contribution >= 0.6 is 0 Å². The molecule has 49 valence electrons. The minimum absolute atomic E-state index is 0.0666. The molecule has 0 rings (SSSR count). The zero-order valence-electron chi connectivity index (χ0n) is 4.80. The Morgan fingerprint density at radius 2 is 2.00 bits per heavy atom. The van der Waals surface area contributed by atoms with E-state index in [0.29, 0.717) is 19.8 Å². The molecule has 3 nitrogen and oxygen atoms in total. The summed E-state index contributed by atoms with van der Waals surface area (Å²) in [5.41, 5.74) is 0. The topological polar surface area (TPSA) is 38.7 Å². The van der Waals surface area contributed by atoms with Crippen molar-refractivity contribution in [3.8, 4) is 0 Å². The van der Waals surface area contributed by atoms with Gasteiger partial charge in [-0.1, -0.05) is 0 Å². The lowest BCUT2D eigenvalue weighted by Crippen LogP contribution is -2.04. The molecule has 0 aliphatic heterocycles. The molecule has 0 amide bonds. The molecular formula is C5H11O3. The molecular weight excluding hydrogens is 108 g/mol. The van der Waals surface area contributed by atoms with Gasteiger partial charge in [-0.05, 0) is 0 Å². The van der Waals surface area contributed by atoms with E-state index in [1.165, 1.54) is 0 Å². The molecule has 0 aromatic carbocycles. The summed E-state index contributed by atoms with van der Waals surface area (Å²) in [5, 5.41) is 8.18. The molecule has 0 saturated heterocycles. The van der Waals surface area contributed by atoms with Crippen molar-refractivity contribution < 1.29 is 14.6 Å². The highest BCUT2D eigenvalue weighted by molar-refractivity contribution is 4.27. The van der Waals surface area contributed by atoms with Crippen molar-refractivity contribution >= 4 is 0 Å². The van der Waals surface area contributed by atoms with Gasteiger partial charge in [-0.25, -0.2) is 0 Å². The standard InChI is InChI=1S/C5H11O3/c1-7-4-5-8-3-2-6/h6H,1-5H2. The average molecular weight is 119 g/mol. The van der Waals surface area contributed by atoms with Gasteiger partial charge in [-0.3, -0.25) is 0 Å². The van der Waals surface area contributed by atoms with Gasteiger partial charge >= 0.3 is 0 Å². The van der Waals surface area contributed by atoms with Gasteiger partial charge in [0.25, 0.3) is 0 Å². The number of aliphatic hydroxyl groups excluding tert-OH is 1. The van der Waals surface area contributed by atoms with E-state index in [4.69, 9.17) is 9.84 Å². The van der Waals surface area contributed by atoms with Crippen LogP contribution < -0.4 is 0 Å². The van der Waals surface area contributed by atoms with Gasteiger partial charge < -0.3 is 14.6 Å². The van der Waals surface area contributed by atoms with E-state index >= 15 is 0 Å². The molecule has 1 N–H and O–H groups in total. The summed E-state index contributed by atoms with van der Waals surface area (Å²) in [4.78, 5) is 0. The minimum Gasteiger partial charge on any atom is -0.394 e. The highest BCUT2D eigenvalue weighted by Crippen LogP contribution is 1.73. The smallest absolute Gasteiger partial charge is 0.0701 e. The third-order valence-electron chi connectivity index (χ3n) is 0.608. The maximum absolute atomic E-state index is 8.18. The minimum atomic E-state index is 0.0666. The van der Waals surface area contributed by atoms with Crippen LogP contribution in [-0.2, 0) is 9.47 Å². The molecule has 0 bridgehead atoms. The van der Waals surface area contributed by atoms with Crippen molar-refractivity contribution in [3.05, 3.63) is 7.11 Å². The molecule has 0 spiro atoms. The summed E-state index contributed by atoms with van der Waals surface area (Å²) in [5.74, 6) is 0. The van der Waals surface area contributed by atoms with Crippen molar-refractivity contribution in [2.45, 2.75) is 0 Å². The first kappa shape index (κ1) is 7.88. The van der Waals surface area contributed by atoms with Crippen LogP contribution in [-0.4, -0.2) is 31.5 Å². The Labute approximate surface area is 49.2 Å². The summed E-state index contributed by atoms with van der Waals surface area (Å²) in [6.07, 6.45) is 0. The predicted molar refractivity (Wildman–Crippen MR) is 29.2 cm³/mol. The molecule has 0 heterocycles. The first-order valence-electron chi connectivity index (χ1n) is 2.47. The van der Waals surface area contributed by atoms with Crippen molar-refractivity contribution in [2.75, 3.05) is 26.4 Å². The Hall–Kier alpha value is -0.120. The van der Waals surface area contributed by atoms with Crippen molar-refractivity contribution in [2.24, 2.45) is 0 Å². The monoisotopic (exact) mass is 119 g/mol. The van der Waals surface area contributed by atoms with Crippen LogP contribution in [0.1, 0.15) is 0 Å². The van der Waals surface area contributed by atoms with Crippen LogP contribution in [0.4, 0.5) is 0 Å². The Balaban J connectivity index is 2.53. The molecule has 0 saturated carbocycles. The molecule has 1 radical (unpaired) electrons. The lowest BCUT2D eigenvalue weighted by Gasteiger charge is -1.98. The Morgan fingerprint density at radius 3 is 2.50 bits per heavy atom. The van der Waals surface area contributed by atoms with Gasteiger partial charge in [0.1, 0.15) is 0 Å². The number of ether oxygens (including phenoxy) is 2. The summed E-state index contributed by atoms with van der Waals surface area (Å²) >= 11 is 0. The number of rotatable bonds is 5. The first-order valence-corrected chi connectivity index (χ1v) is 2.47. The van der Waals surface area contributed by atoms with Gasteiger partial charge in [0.15, 0.2) is 0 Å². The SMILES string of the molecule is [CH2]OCCOCCO. The Kier molecular flexibility index (Phi) is 6.78. The van der Waals surface area contributed by atoms with Crippen molar-refractivity contribution in [1.82, 2.24) is 0 Å². The molecule has 0 aliphatic rings. The summed E-state index contributed by atoms with van der Waals surface area (Å²) in [7, 11) is 3.14. The first-order chi connectivity index (χ1) is 3.91. The summed E-state index contributed by atoms with van der Waals surface area (Å²) in [6, 6.07) is 0. The fraction of sp³-hybridized carbons (Fsp3) is 0.800. The van der Waals surface area contributed by atoms with E-state index in [1.54, 1.807) is 0 Å². The third kappa shape index (κ3) is 5.88. The van der Waals surface area contributed by atoms with Crippen LogP contribution in [0, 0.1) is 7.11 Å². The largest absolute Gasteiger partial charge is 0.394 e. The van der Waals surface area contributed by atoms with Crippen LogP contribution in [0.25, 0.3) is 0 Å². The fourth-order valence-corrected chi connectivity index (χ4v) is 0.284. The Morgan fingerprint density at radius 1 is 1.25 bits per heavy atom. The predicted octanol–water partition coefficient (Wildman–Crippen LogP) is -0.197. The number of hydrogen-bond donors (Lipinski definition) is 1. The Bertz CT molecular complexity index is 32.7. The maximum atomic E-state index is 8.18. The van der Waals surface area contributed by atoms with Crippen molar-refractivity contribution in [1.29, 1.82) is 0 Å². The second kappa shape index (κ2) is 6.88. The third-order valence-corrected chi connectivity index (χ3v) is 0.608. The van der Waals surface area contributed by atoms with Gasteiger partial charge in [-0.15, -0.1) is 0 Å². The van der Waals surface area contributed by atoms with Crippen LogP contribution in [0.15, 0.2) is 0 Å². The lowest BCUT2D eigenvalue weighted by molar-refractivity contribution is 0.0587. The molecule has 0 aliphatic carbocycles. The number of aliphatic hydroxyl groups is 1. The second-order valence-corrected chi connectivity index (χ2v) is 1.24. The summed E-state index contributed by atoms with van der Waals surface area (Å²) in [6.45, 7) is 1.44. The fourth-order valence-electron chi connectivity index (χ4n) is 0.284. The molecule has 0 fully saturated rings. The van der Waals surface area contributed by atoms with Gasteiger partial charge in [-0.2, -0.15) is 0 Å². The van der Waals surface area contributed by atoms with E-state index < -0.39 is 0 Å². The normalized spacial score (nSPS) is 9.75. The maximum Gasteiger partial charge on any atom is 0.0701 e. The highest BCUT2D eigenvalue weighted by Gasteiger charge is 1.82. The van der Waals surface area contributed by atoms with E-state index in [9.17, 15) is 0 Å². The van der Waals surface area contributed by atoms with E-state index in [0.717, 1.165) is 0 Å².